The summed E-state index contributed by atoms with van der Waals surface area (Å²) in [4.78, 5) is 4.27. The van der Waals surface area contributed by atoms with Crippen molar-refractivity contribution in [3.05, 3.63) is 47.8 Å². The summed E-state index contributed by atoms with van der Waals surface area (Å²) in [5, 5.41) is 0. The molecule has 0 aliphatic carbocycles. The molecule has 0 saturated carbocycles. The number of benzene rings is 1. The van der Waals surface area contributed by atoms with Gasteiger partial charge in [-0.2, -0.15) is 0 Å². The van der Waals surface area contributed by atoms with Crippen LogP contribution in [0.5, 0.6) is 17.2 Å². The second-order valence-electron chi connectivity index (χ2n) is 4.65. The molecule has 2 N–H and O–H groups in total. The molecule has 0 aliphatic rings. The van der Waals surface area contributed by atoms with Crippen LogP contribution in [0.3, 0.4) is 0 Å². The van der Waals surface area contributed by atoms with Gasteiger partial charge >= 0.3 is 0 Å². The van der Waals surface area contributed by atoms with Gasteiger partial charge in [0.1, 0.15) is 5.75 Å². The lowest BCUT2D eigenvalue weighted by Crippen LogP contribution is -2.06. The quantitative estimate of drug-likeness (QED) is 0.905. The second kappa shape index (κ2) is 6.39. The van der Waals surface area contributed by atoms with E-state index >= 15 is 0 Å². The molecule has 4 nitrogen and oxygen atoms in total. The minimum absolute atomic E-state index is 0.0811. The van der Waals surface area contributed by atoms with Gasteiger partial charge in [-0.05, 0) is 43.2 Å². The molecule has 106 valence electrons. The van der Waals surface area contributed by atoms with Crippen molar-refractivity contribution in [2.75, 3.05) is 7.11 Å². The third-order valence-corrected chi connectivity index (χ3v) is 3.09. The van der Waals surface area contributed by atoms with Crippen LogP contribution in [0.25, 0.3) is 0 Å². The maximum atomic E-state index is 5.81. The SMILES string of the molecule is CCc1ccc(Oc2ccc([C@@H](C)N)nc2)c(OC)c1. The number of ether oxygens (including phenoxy) is 2. The topological polar surface area (TPSA) is 57.4 Å². The second-order valence-corrected chi connectivity index (χ2v) is 4.65. The van der Waals surface area contributed by atoms with E-state index in [1.807, 2.05) is 37.3 Å². The van der Waals surface area contributed by atoms with Crippen LogP contribution in [0.15, 0.2) is 36.5 Å². The average molecular weight is 272 g/mol. The van der Waals surface area contributed by atoms with Crippen LogP contribution in [-0.2, 0) is 6.42 Å². The number of aryl methyl sites for hydroxylation is 1. The smallest absolute Gasteiger partial charge is 0.169 e. The van der Waals surface area contributed by atoms with E-state index in [1.165, 1.54) is 5.56 Å². The highest BCUT2D eigenvalue weighted by Gasteiger charge is 2.07. The molecule has 1 aromatic carbocycles. The van der Waals surface area contributed by atoms with Gasteiger partial charge in [-0.15, -0.1) is 0 Å². The molecule has 0 saturated heterocycles. The first-order chi connectivity index (χ1) is 9.63. The van der Waals surface area contributed by atoms with E-state index in [1.54, 1.807) is 13.3 Å². The van der Waals surface area contributed by atoms with Crippen LogP contribution in [0, 0.1) is 0 Å². The van der Waals surface area contributed by atoms with Crippen LogP contribution in [0.2, 0.25) is 0 Å². The first kappa shape index (κ1) is 14.3. The summed E-state index contributed by atoms with van der Waals surface area (Å²) in [6, 6.07) is 9.58. The zero-order chi connectivity index (χ0) is 14.5. The van der Waals surface area contributed by atoms with E-state index in [0.29, 0.717) is 11.5 Å². The Bertz CT molecular complexity index is 565. The van der Waals surface area contributed by atoms with Crippen molar-refractivity contribution in [1.82, 2.24) is 4.98 Å². The normalized spacial score (nSPS) is 12.0. The van der Waals surface area contributed by atoms with Crippen LogP contribution >= 0.6 is 0 Å². The van der Waals surface area contributed by atoms with Crippen molar-refractivity contribution >= 4 is 0 Å². The Morgan fingerprint density at radius 2 is 2.00 bits per heavy atom. The number of aromatic nitrogens is 1. The van der Waals surface area contributed by atoms with Gasteiger partial charge in [-0.1, -0.05) is 13.0 Å². The minimum atomic E-state index is -0.0811. The number of hydrogen-bond acceptors (Lipinski definition) is 4. The largest absolute Gasteiger partial charge is 0.493 e. The van der Waals surface area contributed by atoms with E-state index in [9.17, 15) is 0 Å². The fourth-order valence-electron chi connectivity index (χ4n) is 1.86. The van der Waals surface area contributed by atoms with E-state index in [2.05, 4.69) is 11.9 Å². The first-order valence-electron chi connectivity index (χ1n) is 6.70. The summed E-state index contributed by atoms with van der Waals surface area (Å²) in [5.41, 5.74) is 7.82. The Morgan fingerprint density at radius 3 is 2.55 bits per heavy atom. The van der Waals surface area contributed by atoms with E-state index in [0.717, 1.165) is 17.9 Å². The summed E-state index contributed by atoms with van der Waals surface area (Å²) < 4.78 is 11.2. The van der Waals surface area contributed by atoms with Gasteiger partial charge in [0.2, 0.25) is 0 Å². The molecule has 0 spiro atoms. The number of hydrogen-bond donors (Lipinski definition) is 1. The van der Waals surface area contributed by atoms with Crippen molar-refractivity contribution in [1.29, 1.82) is 0 Å². The van der Waals surface area contributed by atoms with E-state index in [-0.39, 0.29) is 6.04 Å². The molecule has 2 aromatic rings. The summed E-state index contributed by atoms with van der Waals surface area (Å²) in [6.07, 6.45) is 2.63. The Kier molecular flexibility index (Phi) is 4.58. The van der Waals surface area contributed by atoms with Crippen molar-refractivity contribution in [2.24, 2.45) is 5.73 Å². The van der Waals surface area contributed by atoms with Gasteiger partial charge in [0.05, 0.1) is 19.0 Å². The summed E-state index contributed by atoms with van der Waals surface area (Å²) in [6.45, 7) is 4.00. The summed E-state index contributed by atoms with van der Waals surface area (Å²) in [5.74, 6) is 2.07. The molecule has 0 bridgehead atoms. The van der Waals surface area contributed by atoms with Crippen molar-refractivity contribution < 1.29 is 9.47 Å². The molecule has 0 fully saturated rings. The van der Waals surface area contributed by atoms with E-state index < -0.39 is 0 Å². The third-order valence-electron chi connectivity index (χ3n) is 3.09. The Balaban J connectivity index is 2.20. The molecule has 0 amide bonds. The highest BCUT2D eigenvalue weighted by atomic mass is 16.5. The first-order valence-corrected chi connectivity index (χ1v) is 6.70. The lowest BCUT2D eigenvalue weighted by Gasteiger charge is -2.12. The average Bonchev–Trinajstić information content (AvgIpc) is 2.48. The summed E-state index contributed by atoms with van der Waals surface area (Å²) in [7, 11) is 1.64. The molecule has 2 rings (SSSR count). The molecule has 1 atom stereocenters. The zero-order valence-corrected chi connectivity index (χ0v) is 12.1. The maximum Gasteiger partial charge on any atom is 0.169 e. The van der Waals surface area contributed by atoms with Crippen LogP contribution < -0.4 is 15.2 Å². The number of pyridine rings is 1. The van der Waals surface area contributed by atoms with Gasteiger partial charge in [-0.25, -0.2) is 0 Å². The molecule has 0 radical (unpaired) electrons. The number of rotatable bonds is 5. The Labute approximate surface area is 119 Å². The molecule has 1 aromatic heterocycles. The Hall–Kier alpha value is -2.07. The fourth-order valence-corrected chi connectivity index (χ4v) is 1.86. The number of nitrogens with two attached hydrogens (primary N) is 1. The minimum Gasteiger partial charge on any atom is -0.493 e. The molecule has 0 unspecified atom stereocenters. The molecule has 1 heterocycles. The molecule has 20 heavy (non-hydrogen) atoms. The summed E-state index contributed by atoms with van der Waals surface area (Å²) >= 11 is 0. The van der Waals surface area contributed by atoms with Crippen LogP contribution in [0.1, 0.15) is 31.1 Å². The Morgan fingerprint density at radius 1 is 1.20 bits per heavy atom. The predicted octanol–water partition coefficient (Wildman–Crippen LogP) is 3.46. The number of methoxy groups -OCH3 is 1. The highest BCUT2D eigenvalue weighted by Crippen LogP contribution is 2.32. The third kappa shape index (κ3) is 3.27. The van der Waals surface area contributed by atoms with Gasteiger partial charge in [0.15, 0.2) is 11.5 Å². The number of nitrogens with zero attached hydrogens (tertiary/aromatic N) is 1. The lowest BCUT2D eigenvalue weighted by atomic mass is 10.1. The van der Waals surface area contributed by atoms with Gasteiger partial charge in [0, 0.05) is 6.04 Å². The molecular formula is C16H20N2O2. The van der Waals surface area contributed by atoms with Gasteiger partial charge < -0.3 is 15.2 Å². The standard InChI is InChI=1S/C16H20N2O2/c1-4-12-5-8-15(16(9-12)19-3)20-13-6-7-14(11(2)17)18-10-13/h5-11H,4,17H2,1-3H3/t11-/m1/s1. The fraction of sp³-hybridized carbons (Fsp3) is 0.312. The van der Waals surface area contributed by atoms with Gasteiger partial charge in [-0.3, -0.25) is 4.98 Å². The van der Waals surface area contributed by atoms with Crippen LogP contribution in [0.4, 0.5) is 0 Å². The van der Waals surface area contributed by atoms with Crippen LogP contribution in [-0.4, -0.2) is 12.1 Å². The monoisotopic (exact) mass is 272 g/mol. The van der Waals surface area contributed by atoms with Crippen molar-refractivity contribution in [2.45, 2.75) is 26.3 Å². The zero-order valence-electron chi connectivity index (χ0n) is 12.1. The van der Waals surface area contributed by atoms with Gasteiger partial charge in [0.25, 0.3) is 0 Å². The molecule has 0 aliphatic heterocycles. The van der Waals surface area contributed by atoms with E-state index in [4.69, 9.17) is 15.2 Å². The lowest BCUT2D eigenvalue weighted by molar-refractivity contribution is 0.378. The highest BCUT2D eigenvalue weighted by molar-refractivity contribution is 5.45. The maximum absolute atomic E-state index is 5.81. The molecular weight excluding hydrogens is 252 g/mol. The predicted molar refractivity (Wildman–Crippen MR) is 79.3 cm³/mol. The van der Waals surface area contributed by atoms with Crippen molar-refractivity contribution in [3.63, 3.8) is 0 Å². The molecule has 4 heteroatoms. The van der Waals surface area contributed by atoms with Crippen molar-refractivity contribution in [3.8, 4) is 17.2 Å².